The maximum Gasteiger partial charge on any atom is 0.0770 e. The van der Waals surface area contributed by atoms with Gasteiger partial charge in [-0.1, -0.05) is 13.8 Å². The molecule has 0 spiro atoms. The summed E-state index contributed by atoms with van der Waals surface area (Å²) in [6, 6.07) is 2.38. The lowest BCUT2D eigenvalue weighted by Gasteiger charge is -2.04. The van der Waals surface area contributed by atoms with E-state index in [1.54, 1.807) is 0 Å². The highest BCUT2D eigenvalue weighted by Gasteiger charge is 2.43. The fraction of sp³-hybridized carbons (Fsp3) is 0.636. The van der Waals surface area contributed by atoms with Crippen LogP contribution >= 0.6 is 0 Å². The molecule has 0 unspecified atom stereocenters. The molecule has 0 atom stereocenters. The van der Waals surface area contributed by atoms with Gasteiger partial charge in [0.15, 0.2) is 0 Å². The second-order valence-corrected chi connectivity index (χ2v) is 4.52. The molecule has 1 aliphatic rings. The predicted molar refractivity (Wildman–Crippen MR) is 53.6 cm³/mol. The molecule has 14 heavy (non-hydrogen) atoms. The van der Waals surface area contributed by atoms with E-state index in [0.29, 0.717) is 5.92 Å². The zero-order chi connectivity index (χ0) is 10.2. The van der Waals surface area contributed by atoms with Gasteiger partial charge in [-0.3, -0.25) is 4.68 Å². The van der Waals surface area contributed by atoms with Gasteiger partial charge >= 0.3 is 0 Å². The Kier molecular flexibility index (Phi) is 2.07. The minimum absolute atomic E-state index is 0.0970. The Morgan fingerprint density at radius 1 is 1.64 bits per heavy atom. The average Bonchev–Trinajstić information content (AvgIpc) is 2.75. The van der Waals surface area contributed by atoms with Gasteiger partial charge in [0.25, 0.3) is 0 Å². The van der Waals surface area contributed by atoms with E-state index >= 15 is 0 Å². The fourth-order valence-corrected chi connectivity index (χ4v) is 1.53. The smallest absolute Gasteiger partial charge is 0.0770 e. The molecule has 0 N–H and O–H groups in total. The summed E-state index contributed by atoms with van der Waals surface area (Å²) in [5, 5.41) is 13.2. The van der Waals surface area contributed by atoms with Crippen LogP contribution in [0.1, 0.15) is 38.2 Å². The maximum atomic E-state index is 8.94. The van der Waals surface area contributed by atoms with E-state index in [-0.39, 0.29) is 5.41 Å². The first kappa shape index (κ1) is 9.26. The Labute approximate surface area is 84.3 Å². The molecule has 2 rings (SSSR count). The van der Waals surface area contributed by atoms with E-state index < -0.39 is 0 Å². The molecule has 1 saturated carbocycles. The molecule has 74 valence electrons. The van der Waals surface area contributed by atoms with Crippen LogP contribution in [0, 0.1) is 16.7 Å². The van der Waals surface area contributed by atoms with Crippen LogP contribution in [0.4, 0.5) is 0 Å². The van der Waals surface area contributed by atoms with E-state index in [0.717, 1.165) is 19.4 Å². The van der Waals surface area contributed by atoms with Gasteiger partial charge in [-0.05, 0) is 24.3 Å². The third-order valence-electron chi connectivity index (χ3n) is 2.88. The minimum atomic E-state index is -0.0970. The monoisotopic (exact) mass is 189 g/mol. The molecule has 3 nitrogen and oxygen atoms in total. The molecule has 0 bridgehead atoms. The molecule has 0 radical (unpaired) electrons. The Balaban J connectivity index is 2.08. The number of hydrogen-bond acceptors (Lipinski definition) is 2. The first-order valence-corrected chi connectivity index (χ1v) is 5.09. The summed E-state index contributed by atoms with van der Waals surface area (Å²) in [5.74, 6) is 0.515. The summed E-state index contributed by atoms with van der Waals surface area (Å²) in [4.78, 5) is 0. The van der Waals surface area contributed by atoms with E-state index in [2.05, 4.69) is 31.2 Å². The highest BCUT2D eigenvalue weighted by molar-refractivity contribution is 5.12. The van der Waals surface area contributed by atoms with Gasteiger partial charge in [0.2, 0.25) is 0 Å². The Morgan fingerprint density at radius 2 is 2.36 bits per heavy atom. The lowest BCUT2D eigenvalue weighted by molar-refractivity contribution is 0.485. The molecule has 0 saturated heterocycles. The predicted octanol–water partition coefficient (Wildman–Crippen LogP) is 2.31. The number of rotatable bonds is 3. The SMILES string of the molecule is CC(C)c1cnn(CC2(C#N)CC2)c1. The van der Waals surface area contributed by atoms with Gasteiger partial charge in [-0.15, -0.1) is 0 Å². The molecular weight excluding hydrogens is 174 g/mol. The topological polar surface area (TPSA) is 41.6 Å². The largest absolute Gasteiger partial charge is 0.271 e. The first-order valence-electron chi connectivity index (χ1n) is 5.09. The summed E-state index contributed by atoms with van der Waals surface area (Å²) in [7, 11) is 0. The van der Waals surface area contributed by atoms with Crippen molar-refractivity contribution in [2.45, 2.75) is 39.2 Å². The zero-order valence-corrected chi connectivity index (χ0v) is 8.70. The molecule has 0 aliphatic heterocycles. The number of nitriles is 1. The summed E-state index contributed by atoms with van der Waals surface area (Å²) in [6.45, 7) is 5.06. The van der Waals surface area contributed by atoms with Crippen LogP contribution in [0.15, 0.2) is 12.4 Å². The van der Waals surface area contributed by atoms with E-state index in [4.69, 9.17) is 5.26 Å². The van der Waals surface area contributed by atoms with Crippen LogP contribution in [0.5, 0.6) is 0 Å². The van der Waals surface area contributed by atoms with Crippen molar-refractivity contribution in [2.24, 2.45) is 5.41 Å². The Bertz CT molecular complexity index is 366. The van der Waals surface area contributed by atoms with Gasteiger partial charge in [-0.2, -0.15) is 10.4 Å². The molecule has 0 amide bonds. The van der Waals surface area contributed by atoms with Crippen molar-refractivity contribution in [3.05, 3.63) is 18.0 Å². The van der Waals surface area contributed by atoms with E-state index in [1.807, 2.05) is 10.9 Å². The summed E-state index contributed by atoms with van der Waals surface area (Å²) >= 11 is 0. The second-order valence-electron chi connectivity index (χ2n) is 4.52. The van der Waals surface area contributed by atoms with Crippen molar-refractivity contribution in [1.82, 2.24) is 9.78 Å². The Morgan fingerprint density at radius 3 is 2.79 bits per heavy atom. The van der Waals surface area contributed by atoms with Crippen LogP contribution in [0.3, 0.4) is 0 Å². The van der Waals surface area contributed by atoms with Crippen LogP contribution in [-0.2, 0) is 6.54 Å². The zero-order valence-electron chi connectivity index (χ0n) is 8.70. The molecule has 3 heteroatoms. The van der Waals surface area contributed by atoms with Crippen LogP contribution in [0.25, 0.3) is 0 Å². The van der Waals surface area contributed by atoms with E-state index in [9.17, 15) is 0 Å². The van der Waals surface area contributed by atoms with Crippen molar-refractivity contribution in [1.29, 1.82) is 5.26 Å². The standard InChI is InChI=1S/C11H15N3/c1-9(2)10-5-13-14(6-10)8-11(7-12)3-4-11/h5-6,9H,3-4,8H2,1-2H3. The third-order valence-corrected chi connectivity index (χ3v) is 2.88. The molecule has 1 heterocycles. The lowest BCUT2D eigenvalue weighted by atomic mass is 10.1. The summed E-state index contributed by atoms with van der Waals surface area (Å²) < 4.78 is 1.91. The summed E-state index contributed by atoms with van der Waals surface area (Å²) in [6.07, 6.45) is 6.01. The van der Waals surface area contributed by atoms with Gasteiger partial charge in [-0.25, -0.2) is 0 Å². The maximum absolute atomic E-state index is 8.94. The van der Waals surface area contributed by atoms with Crippen molar-refractivity contribution in [2.75, 3.05) is 0 Å². The van der Waals surface area contributed by atoms with Gasteiger partial charge in [0.1, 0.15) is 0 Å². The van der Waals surface area contributed by atoms with Gasteiger partial charge in [0.05, 0.1) is 24.2 Å². The number of aromatic nitrogens is 2. The molecule has 1 aromatic heterocycles. The van der Waals surface area contributed by atoms with Gasteiger partial charge in [0, 0.05) is 6.20 Å². The first-order chi connectivity index (χ1) is 6.65. The van der Waals surface area contributed by atoms with Crippen LogP contribution in [0.2, 0.25) is 0 Å². The average molecular weight is 189 g/mol. The molecule has 1 aromatic rings. The molecule has 0 aromatic carbocycles. The van der Waals surface area contributed by atoms with E-state index in [1.165, 1.54) is 5.56 Å². The number of nitrogens with zero attached hydrogens (tertiary/aromatic N) is 3. The lowest BCUT2D eigenvalue weighted by Crippen LogP contribution is -2.09. The van der Waals surface area contributed by atoms with Gasteiger partial charge < -0.3 is 0 Å². The summed E-state index contributed by atoms with van der Waals surface area (Å²) in [5.41, 5.74) is 1.15. The number of hydrogen-bond donors (Lipinski definition) is 0. The third kappa shape index (κ3) is 1.65. The quantitative estimate of drug-likeness (QED) is 0.732. The van der Waals surface area contributed by atoms with Crippen molar-refractivity contribution in [3.63, 3.8) is 0 Å². The van der Waals surface area contributed by atoms with Crippen molar-refractivity contribution in [3.8, 4) is 6.07 Å². The van der Waals surface area contributed by atoms with Crippen molar-refractivity contribution < 1.29 is 0 Å². The van der Waals surface area contributed by atoms with Crippen LogP contribution < -0.4 is 0 Å². The molecular formula is C11H15N3. The fourth-order valence-electron chi connectivity index (χ4n) is 1.53. The van der Waals surface area contributed by atoms with Crippen LogP contribution in [-0.4, -0.2) is 9.78 Å². The normalized spacial score (nSPS) is 18.1. The minimum Gasteiger partial charge on any atom is -0.271 e. The highest BCUT2D eigenvalue weighted by atomic mass is 15.3. The highest BCUT2D eigenvalue weighted by Crippen LogP contribution is 2.46. The molecule has 1 fully saturated rings. The second kappa shape index (κ2) is 3.13. The molecule has 1 aliphatic carbocycles. The van der Waals surface area contributed by atoms with Crippen molar-refractivity contribution >= 4 is 0 Å². The Hall–Kier alpha value is -1.30.